The number of ether oxygens (including phenoxy) is 1. The molecule has 1 N–H and O–H groups in total. The zero-order valence-electron chi connectivity index (χ0n) is 20.4. The van der Waals surface area contributed by atoms with Gasteiger partial charge in [-0.3, -0.25) is 0 Å². The SMILES string of the molecule is O=C=O.OC1(c2ccc(OCc3c(-c4c(Cl)cccc4Cl)noc3C3CC3)cc2Cl)CN(c2ccccn2)C1. The topological polar surface area (TPSA) is 106 Å². The molecule has 2 aliphatic rings. The summed E-state index contributed by atoms with van der Waals surface area (Å²) >= 11 is 19.5. The van der Waals surface area contributed by atoms with Gasteiger partial charge in [0.25, 0.3) is 0 Å². The number of carbonyl (C=O) groups excluding carboxylic acids is 2. The summed E-state index contributed by atoms with van der Waals surface area (Å²) in [6.07, 6.45) is 4.08. The largest absolute Gasteiger partial charge is 0.489 e. The lowest BCUT2D eigenvalue weighted by Crippen LogP contribution is -2.60. The van der Waals surface area contributed by atoms with Crippen LogP contribution in [-0.2, 0) is 21.8 Å². The van der Waals surface area contributed by atoms with Crippen LogP contribution in [0.25, 0.3) is 11.3 Å². The normalized spacial score (nSPS) is 15.5. The minimum atomic E-state index is -1.05. The average molecular weight is 587 g/mol. The smallest absolute Gasteiger partial charge is 0.373 e. The van der Waals surface area contributed by atoms with E-state index in [0.29, 0.717) is 56.6 Å². The van der Waals surface area contributed by atoms with Gasteiger partial charge in [0.15, 0.2) is 0 Å². The molecule has 2 aromatic carbocycles. The highest BCUT2D eigenvalue weighted by molar-refractivity contribution is 6.39. The Kier molecular flexibility index (Phi) is 7.93. The van der Waals surface area contributed by atoms with Crippen molar-refractivity contribution >= 4 is 46.8 Å². The van der Waals surface area contributed by atoms with Gasteiger partial charge >= 0.3 is 6.15 Å². The van der Waals surface area contributed by atoms with Gasteiger partial charge in [0, 0.05) is 23.2 Å². The second kappa shape index (κ2) is 11.4. The molecule has 0 atom stereocenters. The van der Waals surface area contributed by atoms with Crippen molar-refractivity contribution in [3.8, 4) is 17.0 Å². The van der Waals surface area contributed by atoms with Crippen LogP contribution in [0.3, 0.4) is 0 Å². The van der Waals surface area contributed by atoms with Crippen molar-refractivity contribution in [3.63, 3.8) is 0 Å². The molecule has 0 radical (unpaired) electrons. The molecule has 4 aromatic rings. The molecule has 1 aliphatic carbocycles. The summed E-state index contributed by atoms with van der Waals surface area (Å²) in [7, 11) is 0. The average Bonchev–Trinajstić information content (AvgIpc) is 3.67. The Hall–Kier alpha value is -3.39. The van der Waals surface area contributed by atoms with E-state index in [1.165, 1.54) is 0 Å². The van der Waals surface area contributed by atoms with Crippen LogP contribution in [0.15, 0.2) is 65.3 Å². The Balaban J connectivity index is 0.000000983. The second-order valence-corrected chi connectivity index (χ2v) is 10.6. The Morgan fingerprint density at radius 3 is 2.36 bits per heavy atom. The molecular weight excluding hydrogens is 565 g/mol. The Morgan fingerprint density at radius 1 is 1.03 bits per heavy atom. The Morgan fingerprint density at radius 2 is 1.74 bits per heavy atom. The van der Waals surface area contributed by atoms with Gasteiger partial charge in [-0.1, -0.05) is 58.2 Å². The van der Waals surface area contributed by atoms with Gasteiger partial charge in [-0.05, 0) is 49.2 Å². The molecule has 6 rings (SSSR count). The number of halogens is 3. The Bertz CT molecular complexity index is 1490. The van der Waals surface area contributed by atoms with Crippen molar-refractivity contribution in [1.82, 2.24) is 10.1 Å². The summed E-state index contributed by atoms with van der Waals surface area (Å²) in [5, 5.41) is 16.9. The van der Waals surface area contributed by atoms with Crippen LogP contribution in [0.5, 0.6) is 5.75 Å². The number of pyridine rings is 1. The van der Waals surface area contributed by atoms with Crippen molar-refractivity contribution in [3.05, 3.63) is 92.7 Å². The van der Waals surface area contributed by atoms with Gasteiger partial charge in [-0.25, -0.2) is 4.98 Å². The monoisotopic (exact) mass is 585 g/mol. The summed E-state index contributed by atoms with van der Waals surface area (Å²) in [6, 6.07) is 16.4. The standard InChI is InChI=1S/C27H22Cl3N3O3.CO2/c28-20-4-3-5-21(29)24(20)25-18(26(36-32-25)16-7-8-16)13-35-17-9-10-19(22(30)12-17)27(34)14-33(15-27)23-6-1-2-11-31-23;2-1-3/h1-6,9-12,16,34H,7-8,13-15H2;. The third kappa shape index (κ3) is 5.66. The summed E-state index contributed by atoms with van der Waals surface area (Å²) < 4.78 is 11.8. The number of hydrogen-bond donors (Lipinski definition) is 1. The van der Waals surface area contributed by atoms with E-state index in [2.05, 4.69) is 10.1 Å². The van der Waals surface area contributed by atoms with Gasteiger partial charge < -0.3 is 19.3 Å². The van der Waals surface area contributed by atoms with Gasteiger partial charge in [-0.15, -0.1) is 0 Å². The molecule has 200 valence electrons. The van der Waals surface area contributed by atoms with Gasteiger partial charge in [-0.2, -0.15) is 9.59 Å². The lowest BCUT2D eigenvalue weighted by molar-refractivity contribution is -0.191. The van der Waals surface area contributed by atoms with E-state index in [1.54, 1.807) is 30.5 Å². The number of hydrogen-bond acceptors (Lipinski definition) is 8. The molecule has 2 aromatic heterocycles. The molecule has 0 spiro atoms. The van der Waals surface area contributed by atoms with E-state index >= 15 is 0 Å². The van der Waals surface area contributed by atoms with Crippen molar-refractivity contribution in [2.45, 2.75) is 31.0 Å². The van der Waals surface area contributed by atoms with E-state index in [1.807, 2.05) is 35.2 Å². The first-order valence-electron chi connectivity index (χ1n) is 12.1. The summed E-state index contributed by atoms with van der Waals surface area (Å²) in [6.45, 7) is 1.05. The van der Waals surface area contributed by atoms with Crippen molar-refractivity contribution in [2.24, 2.45) is 0 Å². The maximum absolute atomic E-state index is 11.1. The highest BCUT2D eigenvalue weighted by Gasteiger charge is 2.44. The molecule has 2 fully saturated rings. The van der Waals surface area contributed by atoms with Gasteiger partial charge in [0.1, 0.15) is 35.2 Å². The lowest BCUT2D eigenvalue weighted by Gasteiger charge is -2.47. The zero-order valence-corrected chi connectivity index (χ0v) is 22.7. The first-order valence-corrected chi connectivity index (χ1v) is 13.2. The maximum Gasteiger partial charge on any atom is 0.373 e. The molecule has 1 saturated carbocycles. The summed E-state index contributed by atoms with van der Waals surface area (Å²) in [4.78, 5) is 22.6. The fraction of sp³-hybridized carbons (Fsp3) is 0.250. The Labute approximate surface area is 239 Å². The van der Waals surface area contributed by atoms with Crippen LogP contribution in [0, 0.1) is 0 Å². The molecule has 0 amide bonds. The third-order valence-electron chi connectivity index (χ3n) is 6.67. The minimum absolute atomic E-state index is 0.222. The number of anilines is 1. The highest BCUT2D eigenvalue weighted by atomic mass is 35.5. The van der Waals surface area contributed by atoms with E-state index < -0.39 is 5.60 Å². The molecule has 0 unspecified atom stereocenters. The van der Waals surface area contributed by atoms with Crippen molar-refractivity contribution in [2.75, 3.05) is 18.0 Å². The molecule has 1 saturated heterocycles. The maximum atomic E-state index is 11.1. The molecule has 39 heavy (non-hydrogen) atoms. The van der Waals surface area contributed by atoms with Crippen LogP contribution in [-0.4, -0.2) is 34.5 Å². The summed E-state index contributed by atoms with van der Waals surface area (Å²) in [5.41, 5.74) is 1.67. The van der Waals surface area contributed by atoms with E-state index in [4.69, 9.17) is 53.7 Å². The predicted octanol–water partition coefficient (Wildman–Crippen LogP) is 6.28. The van der Waals surface area contributed by atoms with Crippen molar-refractivity contribution < 1.29 is 24.0 Å². The first kappa shape index (κ1) is 27.2. The quantitative estimate of drug-likeness (QED) is 0.270. The van der Waals surface area contributed by atoms with E-state index in [9.17, 15) is 5.11 Å². The van der Waals surface area contributed by atoms with E-state index in [-0.39, 0.29) is 12.8 Å². The second-order valence-electron chi connectivity index (χ2n) is 9.33. The molecule has 0 bridgehead atoms. The molecule has 3 heterocycles. The van der Waals surface area contributed by atoms with Gasteiger partial charge in [0.2, 0.25) is 0 Å². The summed E-state index contributed by atoms with van der Waals surface area (Å²) in [5.74, 6) is 2.54. The zero-order chi connectivity index (χ0) is 27.6. The number of aromatic nitrogens is 2. The van der Waals surface area contributed by atoms with E-state index in [0.717, 1.165) is 30.0 Å². The molecule has 1 aliphatic heterocycles. The fourth-order valence-electron chi connectivity index (χ4n) is 4.63. The minimum Gasteiger partial charge on any atom is -0.489 e. The number of aliphatic hydroxyl groups is 1. The van der Waals surface area contributed by atoms with Crippen LogP contribution in [0.4, 0.5) is 5.82 Å². The molecular formula is C28H22Cl3N3O5. The fourth-order valence-corrected chi connectivity index (χ4v) is 5.55. The number of nitrogens with zero attached hydrogens (tertiary/aromatic N) is 3. The lowest BCUT2D eigenvalue weighted by atomic mass is 9.86. The predicted molar refractivity (Wildman–Crippen MR) is 145 cm³/mol. The number of β-amino-alcohol motifs (C(OH)–C–C–N with tert-alkyl or cyclic N) is 1. The van der Waals surface area contributed by atoms with Gasteiger partial charge in [0.05, 0.1) is 33.7 Å². The van der Waals surface area contributed by atoms with Crippen molar-refractivity contribution in [1.29, 1.82) is 0 Å². The van der Waals surface area contributed by atoms with Crippen LogP contribution >= 0.6 is 34.8 Å². The highest BCUT2D eigenvalue weighted by Crippen LogP contribution is 2.46. The van der Waals surface area contributed by atoms with Crippen LogP contribution in [0.1, 0.15) is 35.6 Å². The molecule has 8 nitrogen and oxygen atoms in total. The number of rotatable bonds is 7. The first-order chi connectivity index (χ1) is 18.8. The van der Waals surface area contributed by atoms with Crippen LogP contribution in [0.2, 0.25) is 15.1 Å². The number of benzene rings is 2. The molecule has 11 heteroatoms. The third-order valence-corrected chi connectivity index (χ3v) is 7.61. The van der Waals surface area contributed by atoms with Crippen LogP contribution < -0.4 is 9.64 Å².